The van der Waals surface area contributed by atoms with Crippen molar-refractivity contribution in [2.75, 3.05) is 30.8 Å². The Bertz CT molecular complexity index is 894. The van der Waals surface area contributed by atoms with Gasteiger partial charge >= 0.3 is 0 Å². The van der Waals surface area contributed by atoms with E-state index < -0.39 is 5.91 Å². The summed E-state index contributed by atoms with van der Waals surface area (Å²) in [6.45, 7) is 6.10. The van der Waals surface area contributed by atoms with Gasteiger partial charge in [0.05, 0.1) is 23.4 Å². The van der Waals surface area contributed by atoms with Gasteiger partial charge in [0.1, 0.15) is 11.6 Å². The maximum absolute atomic E-state index is 12.9. The number of para-hydroxylation sites is 1. The van der Waals surface area contributed by atoms with E-state index in [4.69, 9.17) is 16.3 Å². The second kappa shape index (κ2) is 9.91. The van der Waals surface area contributed by atoms with Crippen molar-refractivity contribution in [2.24, 2.45) is 5.92 Å². The van der Waals surface area contributed by atoms with Crippen LogP contribution in [0.15, 0.2) is 36.5 Å². The molecular weight excluding hydrogens is 404 g/mol. The number of aromatic nitrogens is 1. The number of ether oxygens (including phenoxy) is 1. The first-order chi connectivity index (χ1) is 14.4. The molecule has 2 heterocycles. The molecule has 0 radical (unpaired) electrons. The van der Waals surface area contributed by atoms with Crippen LogP contribution in [0, 0.1) is 5.92 Å². The molecule has 1 aromatic carbocycles. The molecule has 0 atom stereocenters. The fourth-order valence-electron chi connectivity index (χ4n) is 3.56. The van der Waals surface area contributed by atoms with E-state index in [-0.39, 0.29) is 11.8 Å². The molecule has 160 valence electrons. The normalized spacial score (nSPS) is 15.1. The van der Waals surface area contributed by atoms with Crippen LogP contribution in [0.1, 0.15) is 37.0 Å². The van der Waals surface area contributed by atoms with Gasteiger partial charge in [0, 0.05) is 18.2 Å². The van der Waals surface area contributed by atoms with Gasteiger partial charge in [-0.1, -0.05) is 17.7 Å². The zero-order valence-corrected chi connectivity index (χ0v) is 18.2. The first kappa shape index (κ1) is 22.1. The minimum Gasteiger partial charge on any atom is -0.495 e. The molecule has 2 N–H and O–H groups in total. The third kappa shape index (κ3) is 5.29. The number of hydrogen-bond donors (Lipinski definition) is 2. The maximum atomic E-state index is 12.9. The molecule has 1 aliphatic rings. The van der Waals surface area contributed by atoms with Gasteiger partial charge in [0.15, 0.2) is 0 Å². The van der Waals surface area contributed by atoms with Crippen LogP contribution in [0.3, 0.4) is 0 Å². The van der Waals surface area contributed by atoms with E-state index in [2.05, 4.69) is 34.4 Å². The van der Waals surface area contributed by atoms with Crippen LogP contribution in [-0.4, -0.2) is 47.9 Å². The predicted octanol–water partition coefficient (Wildman–Crippen LogP) is 4.05. The smallest absolute Gasteiger partial charge is 0.259 e. The summed E-state index contributed by atoms with van der Waals surface area (Å²) in [5, 5.41) is 6.14. The molecule has 0 saturated carbocycles. The van der Waals surface area contributed by atoms with E-state index in [1.54, 1.807) is 30.3 Å². The van der Waals surface area contributed by atoms with Crippen molar-refractivity contribution in [1.82, 2.24) is 9.88 Å². The summed E-state index contributed by atoms with van der Waals surface area (Å²) < 4.78 is 5.40. The Morgan fingerprint density at radius 1 is 1.17 bits per heavy atom. The molecule has 0 bridgehead atoms. The van der Waals surface area contributed by atoms with Crippen LogP contribution in [0.25, 0.3) is 0 Å². The van der Waals surface area contributed by atoms with Gasteiger partial charge in [-0.15, -0.1) is 0 Å². The minimum atomic E-state index is -0.395. The van der Waals surface area contributed by atoms with Crippen molar-refractivity contribution in [2.45, 2.75) is 32.7 Å². The van der Waals surface area contributed by atoms with Gasteiger partial charge in [-0.3, -0.25) is 9.59 Å². The van der Waals surface area contributed by atoms with Crippen LogP contribution < -0.4 is 15.4 Å². The van der Waals surface area contributed by atoms with Gasteiger partial charge in [-0.2, -0.15) is 0 Å². The highest BCUT2D eigenvalue weighted by Crippen LogP contribution is 2.31. The van der Waals surface area contributed by atoms with Gasteiger partial charge < -0.3 is 20.3 Å². The van der Waals surface area contributed by atoms with Crippen LogP contribution in [0.2, 0.25) is 5.02 Å². The first-order valence-corrected chi connectivity index (χ1v) is 10.4. The molecule has 0 spiro atoms. The van der Waals surface area contributed by atoms with Crippen LogP contribution >= 0.6 is 11.6 Å². The Hall–Kier alpha value is -2.64. The number of hydrogen-bond acceptors (Lipinski definition) is 5. The largest absolute Gasteiger partial charge is 0.495 e. The first-order valence-electron chi connectivity index (χ1n) is 10.0. The number of anilines is 2. The third-order valence-electron chi connectivity index (χ3n) is 5.34. The van der Waals surface area contributed by atoms with Crippen molar-refractivity contribution in [3.8, 4) is 5.75 Å². The Morgan fingerprint density at radius 3 is 2.50 bits per heavy atom. The maximum Gasteiger partial charge on any atom is 0.259 e. The number of nitrogens with zero attached hydrogens (tertiary/aromatic N) is 2. The summed E-state index contributed by atoms with van der Waals surface area (Å²) in [4.78, 5) is 32.3. The van der Waals surface area contributed by atoms with Crippen LogP contribution in [-0.2, 0) is 4.79 Å². The average Bonchev–Trinajstić information content (AvgIpc) is 2.75. The zero-order chi connectivity index (χ0) is 21.7. The van der Waals surface area contributed by atoms with Gasteiger partial charge in [-0.25, -0.2) is 4.98 Å². The molecule has 1 aliphatic heterocycles. The number of carbonyl (C=O) groups excluding carboxylic acids is 2. The number of halogens is 1. The van der Waals surface area contributed by atoms with E-state index in [9.17, 15) is 9.59 Å². The molecule has 8 heteroatoms. The SMILES string of the molecule is COc1cccc(C(=O)Nc2ccc(Cl)cn2)c1NC(=O)C1CCN(C(C)C)CC1. The molecule has 3 rings (SSSR count). The monoisotopic (exact) mass is 430 g/mol. The Kier molecular flexibility index (Phi) is 7.29. The summed E-state index contributed by atoms with van der Waals surface area (Å²) in [6, 6.07) is 8.79. The topological polar surface area (TPSA) is 83.6 Å². The van der Waals surface area contributed by atoms with Crippen molar-refractivity contribution in [3.05, 3.63) is 47.1 Å². The lowest BCUT2D eigenvalue weighted by atomic mass is 9.95. The number of nitrogens with one attached hydrogen (secondary N) is 2. The summed E-state index contributed by atoms with van der Waals surface area (Å²) in [7, 11) is 1.51. The number of methoxy groups -OCH3 is 1. The quantitative estimate of drug-likeness (QED) is 0.722. The molecule has 1 fully saturated rings. The van der Waals surface area contributed by atoms with E-state index in [0.29, 0.717) is 33.9 Å². The lowest BCUT2D eigenvalue weighted by molar-refractivity contribution is -0.121. The number of rotatable bonds is 6. The fraction of sp³-hybridized carbons (Fsp3) is 0.409. The van der Waals surface area contributed by atoms with E-state index in [1.807, 2.05) is 0 Å². The highest BCUT2D eigenvalue weighted by Gasteiger charge is 2.28. The average molecular weight is 431 g/mol. The second-order valence-corrected chi connectivity index (χ2v) is 8.03. The Labute approximate surface area is 181 Å². The number of likely N-dealkylation sites (tertiary alicyclic amines) is 1. The van der Waals surface area contributed by atoms with Gasteiger partial charge in [-0.05, 0) is 64.0 Å². The van der Waals surface area contributed by atoms with Crippen LogP contribution in [0.4, 0.5) is 11.5 Å². The number of piperidine rings is 1. The Morgan fingerprint density at radius 2 is 1.90 bits per heavy atom. The standard InChI is InChI=1S/C22H27ClN4O3/c1-14(2)27-11-9-15(10-12-27)21(28)26-20-17(5-4-6-18(20)30-3)22(29)25-19-8-7-16(23)13-24-19/h4-8,13-15H,9-12H2,1-3H3,(H,26,28)(H,24,25,29). The number of pyridine rings is 1. The van der Waals surface area contributed by atoms with Crippen molar-refractivity contribution in [3.63, 3.8) is 0 Å². The van der Waals surface area contributed by atoms with E-state index in [1.165, 1.54) is 13.3 Å². The number of amides is 2. The van der Waals surface area contributed by atoms with Crippen molar-refractivity contribution in [1.29, 1.82) is 0 Å². The fourth-order valence-corrected chi connectivity index (χ4v) is 3.67. The van der Waals surface area contributed by atoms with Crippen molar-refractivity contribution < 1.29 is 14.3 Å². The summed E-state index contributed by atoms with van der Waals surface area (Å²) >= 11 is 5.85. The summed E-state index contributed by atoms with van der Waals surface area (Å²) in [6.07, 6.45) is 3.03. The number of benzene rings is 1. The lowest BCUT2D eigenvalue weighted by Gasteiger charge is -2.34. The van der Waals surface area contributed by atoms with E-state index in [0.717, 1.165) is 25.9 Å². The molecule has 2 amide bonds. The lowest BCUT2D eigenvalue weighted by Crippen LogP contribution is -2.41. The summed E-state index contributed by atoms with van der Waals surface area (Å²) in [5.74, 6) is 0.208. The third-order valence-corrected chi connectivity index (χ3v) is 5.56. The predicted molar refractivity (Wildman–Crippen MR) is 118 cm³/mol. The molecule has 30 heavy (non-hydrogen) atoms. The molecule has 2 aromatic rings. The minimum absolute atomic E-state index is 0.0958. The molecule has 1 saturated heterocycles. The highest BCUT2D eigenvalue weighted by atomic mass is 35.5. The summed E-state index contributed by atoms with van der Waals surface area (Å²) in [5.41, 5.74) is 0.668. The van der Waals surface area contributed by atoms with Gasteiger partial charge in [0.2, 0.25) is 5.91 Å². The zero-order valence-electron chi connectivity index (χ0n) is 17.4. The Balaban J connectivity index is 1.76. The van der Waals surface area contributed by atoms with Crippen molar-refractivity contribution >= 4 is 34.9 Å². The molecule has 0 aliphatic carbocycles. The molecule has 1 aromatic heterocycles. The van der Waals surface area contributed by atoms with Gasteiger partial charge in [0.25, 0.3) is 5.91 Å². The second-order valence-electron chi connectivity index (χ2n) is 7.59. The number of carbonyl (C=O) groups is 2. The van der Waals surface area contributed by atoms with E-state index >= 15 is 0 Å². The van der Waals surface area contributed by atoms with Crippen LogP contribution in [0.5, 0.6) is 5.75 Å². The molecular formula is C22H27ClN4O3. The molecule has 7 nitrogen and oxygen atoms in total. The highest BCUT2D eigenvalue weighted by molar-refractivity contribution is 6.30. The molecule has 0 unspecified atom stereocenters.